The van der Waals surface area contributed by atoms with Crippen molar-refractivity contribution in [2.24, 2.45) is 0 Å². The lowest BCUT2D eigenvalue weighted by Gasteiger charge is -2.17. The zero-order chi connectivity index (χ0) is 23.2. The van der Waals surface area contributed by atoms with Crippen LogP contribution in [0.2, 0.25) is 0 Å². The highest BCUT2D eigenvalue weighted by Gasteiger charge is 2.33. The molecule has 0 spiro atoms. The van der Waals surface area contributed by atoms with Crippen LogP contribution in [-0.2, 0) is 13.1 Å². The molecule has 0 saturated heterocycles. The molecule has 0 fully saturated rings. The van der Waals surface area contributed by atoms with Gasteiger partial charge < -0.3 is 9.47 Å². The highest BCUT2D eigenvalue weighted by molar-refractivity contribution is 5.95. The summed E-state index contributed by atoms with van der Waals surface area (Å²) in [4.78, 5) is 15.4. The number of para-hydroxylation sites is 1. The van der Waals surface area contributed by atoms with Crippen molar-refractivity contribution in [1.82, 2.24) is 29.0 Å². The van der Waals surface area contributed by atoms with Crippen LogP contribution in [-0.4, -0.2) is 34.9 Å². The third-order valence-corrected chi connectivity index (χ3v) is 6.38. The number of rotatable bonds is 4. The van der Waals surface area contributed by atoms with Gasteiger partial charge in [-0.05, 0) is 50.2 Å². The van der Waals surface area contributed by atoms with Crippen molar-refractivity contribution in [1.29, 1.82) is 0 Å². The van der Waals surface area contributed by atoms with E-state index in [1.54, 1.807) is 6.20 Å². The van der Waals surface area contributed by atoms with E-state index < -0.39 is 0 Å². The van der Waals surface area contributed by atoms with Gasteiger partial charge in [0.2, 0.25) is 0 Å². The van der Waals surface area contributed by atoms with E-state index in [1.165, 1.54) is 5.56 Å². The van der Waals surface area contributed by atoms with E-state index in [0.717, 1.165) is 34.1 Å². The van der Waals surface area contributed by atoms with E-state index in [0.29, 0.717) is 18.7 Å². The van der Waals surface area contributed by atoms with Crippen LogP contribution in [0.25, 0.3) is 17.2 Å². The van der Waals surface area contributed by atoms with Crippen LogP contribution < -0.4 is 0 Å². The minimum atomic E-state index is -0.0296. The van der Waals surface area contributed by atoms with Gasteiger partial charge in [-0.3, -0.25) is 4.79 Å². The summed E-state index contributed by atoms with van der Waals surface area (Å²) >= 11 is 0. The maximum atomic E-state index is 13.5. The Balaban J connectivity index is 1.34. The molecule has 1 amide bonds. The summed E-state index contributed by atoms with van der Waals surface area (Å²) in [5.41, 5.74) is 6.58. The van der Waals surface area contributed by atoms with E-state index in [9.17, 15) is 4.79 Å². The molecule has 1 aliphatic rings. The van der Waals surface area contributed by atoms with Crippen LogP contribution in [0.1, 0.15) is 32.9 Å². The summed E-state index contributed by atoms with van der Waals surface area (Å²) in [5, 5.41) is 9.41. The van der Waals surface area contributed by atoms with Gasteiger partial charge in [0.25, 0.3) is 5.91 Å². The van der Waals surface area contributed by atoms with Gasteiger partial charge in [-0.2, -0.15) is 10.2 Å². The van der Waals surface area contributed by atoms with Crippen molar-refractivity contribution in [3.63, 3.8) is 0 Å². The Morgan fingerprint density at radius 1 is 0.824 bits per heavy atom. The molecule has 2 aromatic carbocycles. The number of nitrogens with zero attached hydrogens (tertiary/aromatic N) is 6. The van der Waals surface area contributed by atoms with E-state index in [2.05, 4.69) is 40.9 Å². The second-order valence-electron chi connectivity index (χ2n) is 8.64. The first-order valence-electron chi connectivity index (χ1n) is 11.3. The molecule has 7 heteroatoms. The molecule has 0 aliphatic carbocycles. The number of aromatic nitrogens is 5. The Morgan fingerprint density at radius 3 is 2.26 bits per heavy atom. The van der Waals surface area contributed by atoms with Gasteiger partial charge in [0.05, 0.1) is 47.6 Å². The van der Waals surface area contributed by atoms with E-state index in [4.69, 9.17) is 5.10 Å². The van der Waals surface area contributed by atoms with Crippen LogP contribution >= 0.6 is 0 Å². The third kappa shape index (κ3) is 3.25. The lowest BCUT2D eigenvalue weighted by Crippen LogP contribution is -2.27. The quantitative estimate of drug-likeness (QED) is 0.403. The highest BCUT2D eigenvalue weighted by atomic mass is 16.2. The number of benzene rings is 2. The van der Waals surface area contributed by atoms with Gasteiger partial charge in [0.1, 0.15) is 5.82 Å². The van der Waals surface area contributed by atoms with Gasteiger partial charge in [-0.15, -0.1) is 0 Å². The first-order chi connectivity index (χ1) is 16.6. The lowest BCUT2D eigenvalue weighted by atomic mass is 10.2. The molecule has 0 N–H and O–H groups in total. The smallest absolute Gasteiger partial charge is 0.257 e. The molecule has 0 saturated carbocycles. The number of amides is 1. The molecular formula is C27H24N6O. The summed E-state index contributed by atoms with van der Waals surface area (Å²) in [7, 11) is 0. The average Bonchev–Trinajstić information content (AvgIpc) is 3.63. The number of aryl methyl sites for hydroxylation is 1. The first kappa shape index (κ1) is 20.2. The Labute approximate surface area is 197 Å². The number of carbonyl (C=O) groups is 1. The van der Waals surface area contributed by atoms with E-state index in [1.807, 2.05) is 76.0 Å². The molecule has 5 aromatic rings. The van der Waals surface area contributed by atoms with Gasteiger partial charge in [0, 0.05) is 18.0 Å². The number of hydrogen-bond acceptors (Lipinski definition) is 3. The molecule has 34 heavy (non-hydrogen) atoms. The van der Waals surface area contributed by atoms with Crippen molar-refractivity contribution in [2.45, 2.75) is 26.9 Å². The predicted octanol–water partition coefficient (Wildman–Crippen LogP) is 4.62. The SMILES string of the molecule is Cc1ccc(-n2nc3c(c2-n2cccc2)CN(C(=O)c2cnn(-c4ccccc4)c2C)C3)cc1. The van der Waals surface area contributed by atoms with Crippen LogP contribution in [0.15, 0.2) is 85.3 Å². The summed E-state index contributed by atoms with van der Waals surface area (Å²) in [6.07, 6.45) is 5.70. The maximum absolute atomic E-state index is 13.5. The zero-order valence-corrected chi connectivity index (χ0v) is 19.1. The molecule has 3 aromatic heterocycles. The molecule has 0 atom stereocenters. The molecule has 168 valence electrons. The molecule has 0 radical (unpaired) electrons. The highest BCUT2D eigenvalue weighted by Crippen LogP contribution is 2.32. The Bertz CT molecular complexity index is 1480. The average molecular weight is 449 g/mol. The Morgan fingerprint density at radius 2 is 1.53 bits per heavy atom. The van der Waals surface area contributed by atoms with Crippen molar-refractivity contribution in [3.8, 4) is 17.2 Å². The van der Waals surface area contributed by atoms with Gasteiger partial charge in [0.15, 0.2) is 0 Å². The molecule has 0 bridgehead atoms. The summed E-state index contributed by atoms with van der Waals surface area (Å²) < 4.78 is 5.86. The molecular weight excluding hydrogens is 424 g/mol. The summed E-state index contributed by atoms with van der Waals surface area (Å²) in [6.45, 7) is 4.98. The van der Waals surface area contributed by atoms with Crippen molar-refractivity contribution < 1.29 is 4.79 Å². The third-order valence-electron chi connectivity index (χ3n) is 6.38. The second-order valence-corrected chi connectivity index (χ2v) is 8.64. The van der Waals surface area contributed by atoms with Crippen molar-refractivity contribution >= 4 is 5.91 Å². The summed E-state index contributed by atoms with van der Waals surface area (Å²) in [5.74, 6) is 0.939. The summed E-state index contributed by atoms with van der Waals surface area (Å²) in [6, 6.07) is 22.2. The standard InChI is InChI=1S/C27H24N6O/c1-19-10-12-22(13-11-19)33-26(30-14-6-7-15-30)24-17-31(18-25(24)29-33)27(34)23-16-28-32(20(23)2)21-8-4-3-5-9-21/h3-16H,17-18H2,1-2H3. The maximum Gasteiger partial charge on any atom is 0.257 e. The number of carbonyl (C=O) groups excluding carboxylic acids is 1. The number of fused-ring (bicyclic) bond motifs is 1. The fourth-order valence-corrected chi connectivity index (χ4v) is 4.57. The normalized spacial score (nSPS) is 12.8. The van der Waals surface area contributed by atoms with Crippen LogP contribution in [0.3, 0.4) is 0 Å². The largest absolute Gasteiger partial charge is 0.328 e. The van der Waals surface area contributed by atoms with Gasteiger partial charge in [-0.25, -0.2) is 9.36 Å². The van der Waals surface area contributed by atoms with Gasteiger partial charge >= 0.3 is 0 Å². The van der Waals surface area contributed by atoms with E-state index in [-0.39, 0.29) is 5.91 Å². The van der Waals surface area contributed by atoms with Crippen LogP contribution in [0.4, 0.5) is 0 Å². The lowest BCUT2D eigenvalue weighted by molar-refractivity contribution is 0.0748. The fraction of sp³-hybridized carbons (Fsp3) is 0.148. The minimum absolute atomic E-state index is 0.0296. The first-order valence-corrected chi connectivity index (χ1v) is 11.3. The van der Waals surface area contributed by atoms with Crippen LogP contribution in [0.5, 0.6) is 0 Å². The molecule has 6 rings (SSSR count). The molecule has 1 aliphatic heterocycles. The van der Waals surface area contributed by atoms with E-state index >= 15 is 0 Å². The van der Waals surface area contributed by atoms with Crippen LogP contribution in [0, 0.1) is 13.8 Å². The second kappa shape index (κ2) is 7.88. The minimum Gasteiger partial charge on any atom is -0.328 e. The predicted molar refractivity (Wildman–Crippen MR) is 130 cm³/mol. The zero-order valence-electron chi connectivity index (χ0n) is 19.1. The molecule has 0 unspecified atom stereocenters. The Kier molecular flexibility index (Phi) is 4.69. The van der Waals surface area contributed by atoms with Gasteiger partial charge in [-0.1, -0.05) is 35.9 Å². The topological polar surface area (TPSA) is 60.9 Å². The fourth-order valence-electron chi connectivity index (χ4n) is 4.57. The molecule has 7 nitrogen and oxygen atoms in total. The Hall–Kier alpha value is -4.39. The molecule has 4 heterocycles. The van der Waals surface area contributed by atoms with Crippen molar-refractivity contribution in [3.05, 3.63) is 113 Å². The number of hydrogen-bond donors (Lipinski definition) is 0. The monoisotopic (exact) mass is 448 g/mol. The van der Waals surface area contributed by atoms with Crippen molar-refractivity contribution in [2.75, 3.05) is 0 Å².